The van der Waals surface area contributed by atoms with Crippen molar-refractivity contribution in [3.8, 4) is 34.0 Å². The van der Waals surface area contributed by atoms with Crippen molar-refractivity contribution >= 4 is 11.7 Å². The van der Waals surface area contributed by atoms with E-state index < -0.39 is 0 Å². The number of urea groups is 1. The molecule has 1 aliphatic rings. The van der Waals surface area contributed by atoms with Gasteiger partial charge in [0.05, 0.1) is 14.2 Å². The Hall–Kier alpha value is -3.62. The summed E-state index contributed by atoms with van der Waals surface area (Å²) in [5.41, 5.74) is 3.50. The minimum atomic E-state index is -0.118. The molecular weight excluding hydrogens is 456 g/mol. The van der Waals surface area contributed by atoms with E-state index in [-0.39, 0.29) is 12.1 Å². The molecule has 0 unspecified atom stereocenters. The summed E-state index contributed by atoms with van der Waals surface area (Å²) in [5, 5.41) is 17.6. The van der Waals surface area contributed by atoms with Crippen LogP contribution in [0.5, 0.6) is 11.5 Å². The van der Waals surface area contributed by atoms with Crippen molar-refractivity contribution in [3.63, 3.8) is 0 Å². The van der Waals surface area contributed by atoms with E-state index in [0.29, 0.717) is 34.3 Å². The maximum atomic E-state index is 13.1. The molecule has 0 bridgehead atoms. The van der Waals surface area contributed by atoms with Crippen LogP contribution in [0.25, 0.3) is 22.5 Å². The second-order valence-electron chi connectivity index (χ2n) is 10.5. The third-order valence-corrected chi connectivity index (χ3v) is 7.34. The van der Waals surface area contributed by atoms with E-state index in [0.717, 1.165) is 42.4 Å². The van der Waals surface area contributed by atoms with Crippen molar-refractivity contribution < 1.29 is 14.3 Å². The van der Waals surface area contributed by atoms with Crippen LogP contribution in [0.4, 0.5) is 10.5 Å². The topological polar surface area (TPSA) is 105 Å². The lowest BCUT2D eigenvalue weighted by molar-refractivity contribution is 0.124. The first-order valence-electron chi connectivity index (χ1n) is 12.4. The minimum Gasteiger partial charge on any atom is -0.493 e. The molecule has 1 saturated carbocycles. The summed E-state index contributed by atoms with van der Waals surface area (Å²) in [6.07, 6.45) is 4.35. The number of tetrazole rings is 1. The van der Waals surface area contributed by atoms with Crippen molar-refractivity contribution in [1.29, 1.82) is 0 Å². The van der Waals surface area contributed by atoms with Gasteiger partial charge < -0.3 is 19.7 Å². The summed E-state index contributed by atoms with van der Waals surface area (Å²) in [6.45, 7) is 6.92. The quantitative estimate of drug-likeness (QED) is 0.463. The number of methoxy groups -OCH3 is 2. The first-order chi connectivity index (χ1) is 17.2. The largest absolute Gasteiger partial charge is 0.493 e. The Morgan fingerprint density at radius 1 is 1.00 bits per heavy atom. The predicted molar refractivity (Wildman–Crippen MR) is 140 cm³/mol. The second-order valence-corrected chi connectivity index (χ2v) is 10.5. The molecule has 1 fully saturated rings. The molecule has 2 N–H and O–H groups in total. The number of amides is 2. The summed E-state index contributed by atoms with van der Waals surface area (Å²) >= 11 is 0. The van der Waals surface area contributed by atoms with Crippen LogP contribution in [-0.4, -0.2) is 58.9 Å². The SMILES string of the molecule is COc1ccc(-c2ccc(NC(=O)N(C)[C@H]3CC[C@H](C(C)(C)C)CC3)cc2-c2nn[nH]n2)cc1OC. The fraction of sp³-hybridized carbons (Fsp3) is 0.481. The summed E-state index contributed by atoms with van der Waals surface area (Å²) in [4.78, 5) is 15.0. The van der Waals surface area contributed by atoms with Crippen LogP contribution < -0.4 is 14.8 Å². The van der Waals surface area contributed by atoms with Crippen LogP contribution in [0.3, 0.4) is 0 Å². The number of ether oxygens (including phenoxy) is 2. The molecule has 192 valence electrons. The van der Waals surface area contributed by atoms with E-state index in [2.05, 4.69) is 46.7 Å². The average molecular weight is 493 g/mol. The Bertz CT molecular complexity index is 1180. The van der Waals surface area contributed by atoms with E-state index in [4.69, 9.17) is 9.47 Å². The molecule has 2 amide bonds. The number of carbonyl (C=O) groups excluding carboxylic acids is 1. The molecule has 9 heteroatoms. The Morgan fingerprint density at radius 2 is 1.72 bits per heavy atom. The van der Waals surface area contributed by atoms with Gasteiger partial charge in [0.1, 0.15) is 0 Å². The Balaban J connectivity index is 1.55. The Kier molecular flexibility index (Phi) is 7.47. The number of hydrogen-bond donors (Lipinski definition) is 2. The third-order valence-electron chi connectivity index (χ3n) is 7.34. The van der Waals surface area contributed by atoms with Gasteiger partial charge in [-0.05, 0) is 77.6 Å². The fourth-order valence-corrected chi connectivity index (χ4v) is 5.05. The molecule has 1 heterocycles. The van der Waals surface area contributed by atoms with Gasteiger partial charge in [0.2, 0.25) is 5.82 Å². The van der Waals surface area contributed by atoms with Crippen LogP contribution in [0.1, 0.15) is 46.5 Å². The molecule has 0 spiro atoms. The zero-order valence-electron chi connectivity index (χ0n) is 22.0. The normalized spacial score (nSPS) is 17.9. The van der Waals surface area contributed by atoms with Crippen molar-refractivity contribution in [3.05, 3.63) is 36.4 Å². The van der Waals surface area contributed by atoms with E-state index in [1.807, 2.05) is 48.3 Å². The van der Waals surface area contributed by atoms with Crippen molar-refractivity contribution in [2.45, 2.75) is 52.5 Å². The molecule has 0 saturated heterocycles. The Morgan fingerprint density at radius 3 is 2.33 bits per heavy atom. The average Bonchev–Trinajstić information content (AvgIpc) is 3.42. The van der Waals surface area contributed by atoms with E-state index >= 15 is 0 Å². The van der Waals surface area contributed by atoms with Crippen LogP contribution in [-0.2, 0) is 0 Å². The molecule has 3 aromatic rings. The maximum absolute atomic E-state index is 13.1. The van der Waals surface area contributed by atoms with Crippen molar-refractivity contribution in [2.75, 3.05) is 26.6 Å². The number of H-pyrrole nitrogens is 1. The standard InChI is InChI=1S/C27H36N6O3/c1-27(2,3)18-8-11-20(12-9-18)33(4)26(34)28-19-10-13-21(22(16-19)25-29-31-32-30-25)17-7-14-23(35-5)24(15-17)36-6/h7,10,13-16,18,20H,8-9,11-12H2,1-6H3,(H,28,34)(H,29,30,31,32)/t18-,20-. The Labute approximate surface area is 212 Å². The number of aromatic amines is 1. The van der Waals surface area contributed by atoms with Gasteiger partial charge in [-0.25, -0.2) is 4.79 Å². The highest BCUT2D eigenvalue weighted by Crippen LogP contribution is 2.39. The molecule has 36 heavy (non-hydrogen) atoms. The zero-order valence-corrected chi connectivity index (χ0v) is 22.0. The van der Waals surface area contributed by atoms with Gasteiger partial charge in [0.15, 0.2) is 11.5 Å². The number of aromatic nitrogens is 4. The van der Waals surface area contributed by atoms with Crippen molar-refractivity contribution in [1.82, 2.24) is 25.5 Å². The zero-order chi connectivity index (χ0) is 25.9. The molecule has 0 aliphatic heterocycles. The molecule has 1 aliphatic carbocycles. The highest BCUT2D eigenvalue weighted by molar-refractivity contribution is 5.92. The molecular formula is C27H36N6O3. The molecule has 0 radical (unpaired) electrons. The van der Waals surface area contributed by atoms with Gasteiger partial charge >= 0.3 is 6.03 Å². The molecule has 2 aromatic carbocycles. The lowest BCUT2D eigenvalue weighted by Crippen LogP contribution is -2.43. The van der Waals surface area contributed by atoms with Crippen molar-refractivity contribution in [2.24, 2.45) is 11.3 Å². The maximum Gasteiger partial charge on any atom is 0.321 e. The van der Waals surface area contributed by atoms with Gasteiger partial charge in [0.25, 0.3) is 0 Å². The minimum absolute atomic E-state index is 0.118. The molecule has 0 atom stereocenters. The number of hydrogen-bond acceptors (Lipinski definition) is 6. The van der Waals surface area contributed by atoms with Gasteiger partial charge in [0, 0.05) is 24.3 Å². The van der Waals surface area contributed by atoms with Gasteiger partial charge in [-0.1, -0.05) is 32.9 Å². The van der Waals surface area contributed by atoms with Gasteiger partial charge in [-0.15, -0.1) is 10.2 Å². The van der Waals surface area contributed by atoms with Crippen LogP contribution in [0, 0.1) is 11.3 Å². The third kappa shape index (κ3) is 5.45. The van der Waals surface area contributed by atoms with Crippen LogP contribution in [0.2, 0.25) is 0 Å². The van der Waals surface area contributed by atoms with Gasteiger partial charge in [-0.3, -0.25) is 0 Å². The summed E-state index contributed by atoms with van der Waals surface area (Å²) in [7, 11) is 5.09. The lowest BCUT2D eigenvalue weighted by atomic mass is 9.71. The number of anilines is 1. The second kappa shape index (κ2) is 10.6. The smallest absolute Gasteiger partial charge is 0.321 e. The fourth-order valence-electron chi connectivity index (χ4n) is 5.05. The number of benzene rings is 2. The van der Waals surface area contributed by atoms with E-state index in [9.17, 15) is 4.79 Å². The number of rotatable bonds is 6. The van der Waals surface area contributed by atoms with Crippen LogP contribution in [0.15, 0.2) is 36.4 Å². The van der Waals surface area contributed by atoms with E-state index in [1.54, 1.807) is 14.2 Å². The highest BCUT2D eigenvalue weighted by atomic mass is 16.5. The van der Waals surface area contributed by atoms with E-state index in [1.165, 1.54) is 0 Å². The molecule has 4 rings (SSSR count). The number of carbonyl (C=O) groups is 1. The first-order valence-corrected chi connectivity index (χ1v) is 12.4. The first kappa shape index (κ1) is 25.5. The molecule has 1 aromatic heterocycles. The summed E-state index contributed by atoms with van der Waals surface area (Å²) < 4.78 is 10.8. The predicted octanol–water partition coefficient (Wildman–Crippen LogP) is 5.62. The van der Waals surface area contributed by atoms with Gasteiger partial charge in [-0.2, -0.15) is 5.21 Å². The summed E-state index contributed by atoms with van der Waals surface area (Å²) in [5.74, 6) is 2.40. The highest BCUT2D eigenvalue weighted by Gasteiger charge is 2.32. The molecule has 9 nitrogen and oxygen atoms in total. The number of nitrogens with zero attached hydrogens (tertiary/aromatic N) is 4. The monoisotopic (exact) mass is 492 g/mol. The summed E-state index contributed by atoms with van der Waals surface area (Å²) in [6, 6.07) is 11.5. The lowest BCUT2D eigenvalue weighted by Gasteiger charge is -2.39. The van der Waals surface area contributed by atoms with Crippen LogP contribution >= 0.6 is 0 Å². The number of nitrogens with one attached hydrogen (secondary N) is 2.